The van der Waals surface area contributed by atoms with Crippen LogP contribution in [0.15, 0.2) is 59.7 Å². The summed E-state index contributed by atoms with van der Waals surface area (Å²) in [4.78, 5) is 21.3. The van der Waals surface area contributed by atoms with E-state index in [4.69, 9.17) is 0 Å². The molecule has 31 heavy (non-hydrogen) atoms. The molecule has 0 saturated heterocycles. The van der Waals surface area contributed by atoms with Crippen LogP contribution >= 0.6 is 0 Å². The number of hydrogen-bond donors (Lipinski definition) is 1. The van der Waals surface area contributed by atoms with Gasteiger partial charge in [0.25, 0.3) is 0 Å². The number of pyridine rings is 1. The quantitative estimate of drug-likeness (QED) is 0.553. The number of aromatic nitrogens is 1. The van der Waals surface area contributed by atoms with Gasteiger partial charge in [0.15, 0.2) is 0 Å². The minimum atomic E-state index is -4.49. The summed E-state index contributed by atoms with van der Waals surface area (Å²) in [5.74, 6) is -0.406. The lowest BCUT2D eigenvalue weighted by molar-refractivity contribution is -0.137. The minimum absolute atomic E-state index is 0.0322. The molecule has 4 rings (SSSR count). The van der Waals surface area contributed by atoms with E-state index in [0.29, 0.717) is 11.4 Å². The van der Waals surface area contributed by atoms with E-state index in [2.05, 4.69) is 22.2 Å². The third-order valence-electron chi connectivity index (χ3n) is 5.19. The molecule has 158 valence electrons. The Hall–Kier alpha value is -3.48. The predicted octanol–water partition coefficient (Wildman–Crippen LogP) is 6.10. The van der Waals surface area contributed by atoms with E-state index in [0.717, 1.165) is 46.5 Å². The normalized spacial score (nSPS) is 13.8. The van der Waals surface area contributed by atoms with E-state index < -0.39 is 17.6 Å². The molecule has 1 aromatic heterocycles. The van der Waals surface area contributed by atoms with Gasteiger partial charge in [0, 0.05) is 11.9 Å². The minimum Gasteiger partial charge on any atom is -0.324 e. The number of carbonyl (C=O) groups excluding carboxylic acids is 1. The van der Waals surface area contributed by atoms with Gasteiger partial charge >= 0.3 is 6.18 Å². The summed E-state index contributed by atoms with van der Waals surface area (Å²) < 4.78 is 39.1. The van der Waals surface area contributed by atoms with Crippen molar-refractivity contribution in [3.63, 3.8) is 0 Å². The van der Waals surface area contributed by atoms with Gasteiger partial charge in [-0.2, -0.15) is 13.2 Å². The number of carbonyl (C=O) groups is 1. The van der Waals surface area contributed by atoms with Gasteiger partial charge in [-0.3, -0.25) is 14.8 Å². The summed E-state index contributed by atoms with van der Waals surface area (Å²) >= 11 is 0. The summed E-state index contributed by atoms with van der Waals surface area (Å²) in [6.07, 6.45) is -1.84. The molecule has 0 unspecified atom stereocenters. The van der Waals surface area contributed by atoms with Crippen molar-refractivity contribution in [3.8, 4) is 11.1 Å². The van der Waals surface area contributed by atoms with Gasteiger partial charge in [-0.15, -0.1) is 0 Å². The summed E-state index contributed by atoms with van der Waals surface area (Å²) in [7, 11) is 0. The van der Waals surface area contributed by atoms with Crippen LogP contribution in [-0.4, -0.2) is 16.6 Å². The largest absolute Gasteiger partial charge is 0.416 e. The molecule has 1 aliphatic rings. The zero-order chi connectivity index (χ0) is 22.2. The van der Waals surface area contributed by atoms with Crippen molar-refractivity contribution in [2.45, 2.75) is 32.9 Å². The molecule has 0 bridgehead atoms. The van der Waals surface area contributed by atoms with Gasteiger partial charge in [0.05, 0.1) is 29.1 Å². The second kappa shape index (κ2) is 7.98. The average molecular weight is 423 g/mol. The highest BCUT2D eigenvalue weighted by Gasteiger charge is 2.31. The number of benzene rings is 2. The second-order valence-electron chi connectivity index (χ2n) is 7.43. The molecule has 2 aromatic carbocycles. The molecule has 1 N–H and O–H groups in total. The maximum atomic E-state index is 13.0. The van der Waals surface area contributed by atoms with E-state index in [-0.39, 0.29) is 12.1 Å². The Bertz CT molecular complexity index is 1200. The van der Waals surface area contributed by atoms with Crippen LogP contribution in [0.25, 0.3) is 11.1 Å². The molecule has 1 aliphatic heterocycles. The van der Waals surface area contributed by atoms with Crippen molar-refractivity contribution in [1.82, 2.24) is 4.98 Å². The molecule has 1 amide bonds. The highest BCUT2D eigenvalue weighted by Crippen LogP contribution is 2.37. The molecule has 0 spiro atoms. The van der Waals surface area contributed by atoms with Gasteiger partial charge in [0.2, 0.25) is 5.91 Å². The number of alkyl halides is 3. The smallest absolute Gasteiger partial charge is 0.324 e. The van der Waals surface area contributed by atoms with Crippen LogP contribution in [0.2, 0.25) is 0 Å². The first kappa shape index (κ1) is 20.8. The first-order valence-corrected chi connectivity index (χ1v) is 9.89. The molecule has 0 radical (unpaired) electrons. The Morgan fingerprint density at radius 1 is 1.06 bits per heavy atom. The van der Waals surface area contributed by atoms with Gasteiger partial charge in [-0.05, 0) is 65.9 Å². The van der Waals surface area contributed by atoms with E-state index in [1.165, 1.54) is 6.07 Å². The Balaban J connectivity index is 1.78. The summed E-state index contributed by atoms with van der Waals surface area (Å²) in [6.45, 7) is 3.99. The fourth-order valence-electron chi connectivity index (χ4n) is 3.61. The average Bonchev–Trinajstić information content (AvgIpc) is 2.90. The molecule has 0 aliphatic carbocycles. The molecule has 0 fully saturated rings. The van der Waals surface area contributed by atoms with E-state index in [1.54, 1.807) is 0 Å². The first-order valence-electron chi connectivity index (χ1n) is 9.89. The van der Waals surface area contributed by atoms with Crippen molar-refractivity contribution in [2.75, 3.05) is 5.32 Å². The number of nitrogens with one attached hydrogen (secondary N) is 1. The molecular weight excluding hydrogens is 403 g/mol. The SMILES string of the molecule is CCc1cnc(C)cc1-c1cccc(C2=Nc3ccc(C(F)(F)F)cc3NC(=O)C2)c1. The lowest BCUT2D eigenvalue weighted by Crippen LogP contribution is -2.15. The van der Waals surface area contributed by atoms with Gasteiger partial charge < -0.3 is 5.32 Å². The summed E-state index contributed by atoms with van der Waals surface area (Å²) in [5, 5.41) is 2.54. The Morgan fingerprint density at radius 3 is 2.58 bits per heavy atom. The zero-order valence-electron chi connectivity index (χ0n) is 17.0. The van der Waals surface area contributed by atoms with Crippen LogP contribution in [0.4, 0.5) is 24.5 Å². The maximum absolute atomic E-state index is 13.0. The van der Waals surface area contributed by atoms with Crippen molar-refractivity contribution in [3.05, 3.63) is 77.1 Å². The predicted molar refractivity (Wildman–Crippen MR) is 115 cm³/mol. The fraction of sp³-hybridized carbons (Fsp3) is 0.208. The van der Waals surface area contributed by atoms with Crippen molar-refractivity contribution >= 4 is 23.0 Å². The molecule has 2 heterocycles. The van der Waals surface area contributed by atoms with Gasteiger partial charge in [-0.25, -0.2) is 0 Å². The van der Waals surface area contributed by atoms with E-state index in [1.807, 2.05) is 43.5 Å². The molecule has 3 aromatic rings. The number of halogens is 3. The standard InChI is InChI=1S/C24H20F3N3O/c1-3-15-13-28-14(2)9-19(15)16-5-4-6-17(10-16)21-12-23(31)30-22-11-18(24(25,26)27)7-8-20(22)29-21/h4-11,13H,3,12H2,1-2H3,(H,30,31). The molecule has 7 heteroatoms. The number of aliphatic imine (C=N–C) groups is 1. The van der Waals surface area contributed by atoms with E-state index in [9.17, 15) is 18.0 Å². The van der Waals surface area contributed by atoms with Crippen LogP contribution in [0.1, 0.15) is 35.7 Å². The Morgan fingerprint density at radius 2 is 1.84 bits per heavy atom. The number of hydrogen-bond acceptors (Lipinski definition) is 3. The molecule has 0 saturated carbocycles. The number of nitrogens with zero attached hydrogens (tertiary/aromatic N) is 2. The lowest BCUT2D eigenvalue weighted by atomic mass is 9.96. The topological polar surface area (TPSA) is 54.4 Å². The second-order valence-corrected chi connectivity index (χ2v) is 7.43. The number of amides is 1. The fourth-order valence-corrected chi connectivity index (χ4v) is 3.61. The number of aryl methyl sites for hydroxylation is 2. The Kier molecular flexibility index (Phi) is 5.35. The van der Waals surface area contributed by atoms with Crippen molar-refractivity contribution in [1.29, 1.82) is 0 Å². The number of rotatable bonds is 3. The van der Waals surface area contributed by atoms with Crippen LogP contribution < -0.4 is 5.32 Å². The third kappa shape index (κ3) is 4.35. The third-order valence-corrected chi connectivity index (χ3v) is 5.19. The highest BCUT2D eigenvalue weighted by atomic mass is 19.4. The molecule has 0 atom stereocenters. The summed E-state index contributed by atoms with van der Waals surface area (Å²) in [5.41, 5.74) is 4.82. The van der Waals surface area contributed by atoms with Crippen molar-refractivity contribution < 1.29 is 18.0 Å². The lowest BCUT2D eigenvalue weighted by Gasteiger charge is -2.11. The number of anilines is 1. The van der Waals surface area contributed by atoms with Crippen molar-refractivity contribution in [2.24, 2.45) is 4.99 Å². The summed E-state index contributed by atoms with van der Waals surface area (Å²) in [6, 6.07) is 12.9. The van der Waals surface area contributed by atoms with Gasteiger partial charge in [0.1, 0.15) is 0 Å². The van der Waals surface area contributed by atoms with Crippen LogP contribution in [0.5, 0.6) is 0 Å². The highest BCUT2D eigenvalue weighted by molar-refractivity contribution is 6.17. The van der Waals surface area contributed by atoms with Crippen LogP contribution in [0.3, 0.4) is 0 Å². The first-order chi connectivity index (χ1) is 14.7. The monoisotopic (exact) mass is 423 g/mol. The van der Waals surface area contributed by atoms with Gasteiger partial charge in [-0.1, -0.05) is 25.1 Å². The van der Waals surface area contributed by atoms with Crippen LogP contribution in [-0.2, 0) is 17.4 Å². The maximum Gasteiger partial charge on any atom is 0.416 e. The van der Waals surface area contributed by atoms with E-state index >= 15 is 0 Å². The Labute approximate surface area is 177 Å². The zero-order valence-corrected chi connectivity index (χ0v) is 17.0. The van der Waals surface area contributed by atoms with Crippen LogP contribution in [0, 0.1) is 6.92 Å². The number of fused-ring (bicyclic) bond motifs is 1. The molecular formula is C24H20F3N3O. The molecule has 4 nitrogen and oxygen atoms in total.